The van der Waals surface area contributed by atoms with E-state index in [4.69, 9.17) is 0 Å². The predicted molar refractivity (Wildman–Crippen MR) is 94.8 cm³/mol. The number of hydrogen-bond donors (Lipinski definition) is 0. The van der Waals surface area contributed by atoms with Gasteiger partial charge in [0.05, 0.1) is 0 Å². The minimum Gasteiger partial charge on any atom is -0.302 e. The fraction of sp³-hybridized carbons (Fsp3) is 0.176. The Kier molecular flexibility index (Phi) is 4.95. The van der Waals surface area contributed by atoms with Gasteiger partial charge in [-0.05, 0) is 24.6 Å². The maximum Gasteiger partial charge on any atom is 0.191 e. The molecule has 0 aliphatic heterocycles. The Labute approximate surface area is 142 Å². The highest BCUT2D eigenvalue weighted by Gasteiger charge is 2.12. The van der Waals surface area contributed by atoms with E-state index in [2.05, 4.69) is 74.0 Å². The van der Waals surface area contributed by atoms with Crippen LogP contribution >= 0.6 is 27.7 Å². The third-order valence-electron chi connectivity index (χ3n) is 3.35. The molecule has 112 valence electrons. The van der Waals surface area contributed by atoms with Gasteiger partial charge in [-0.1, -0.05) is 70.2 Å². The minimum atomic E-state index is 0.861. The van der Waals surface area contributed by atoms with E-state index in [1.165, 1.54) is 5.56 Å². The molecule has 0 fully saturated rings. The molecule has 0 amide bonds. The van der Waals surface area contributed by atoms with Crippen molar-refractivity contribution in [3.63, 3.8) is 0 Å². The first-order valence-corrected chi connectivity index (χ1v) is 8.91. The summed E-state index contributed by atoms with van der Waals surface area (Å²) >= 11 is 5.18. The summed E-state index contributed by atoms with van der Waals surface area (Å²) in [7, 11) is 0. The number of halogens is 1. The summed E-state index contributed by atoms with van der Waals surface area (Å²) in [5.74, 6) is 1.82. The van der Waals surface area contributed by atoms with Crippen LogP contribution in [0, 0.1) is 0 Å². The van der Waals surface area contributed by atoms with Crippen LogP contribution in [0.15, 0.2) is 64.2 Å². The molecule has 0 saturated carbocycles. The Balaban J connectivity index is 1.80. The SMILES string of the molecule is CCn1c(SCc2ccc(Br)cc2)nnc1-c1ccccc1. The van der Waals surface area contributed by atoms with E-state index >= 15 is 0 Å². The van der Waals surface area contributed by atoms with Crippen molar-refractivity contribution >= 4 is 27.7 Å². The number of aromatic nitrogens is 3. The maximum atomic E-state index is 4.37. The number of nitrogens with zero attached hydrogens (tertiary/aromatic N) is 3. The highest BCUT2D eigenvalue weighted by Crippen LogP contribution is 2.26. The van der Waals surface area contributed by atoms with Gasteiger partial charge in [0.25, 0.3) is 0 Å². The molecule has 0 aliphatic carbocycles. The standard InChI is InChI=1S/C17H16BrN3S/c1-2-21-16(14-6-4-3-5-7-14)19-20-17(21)22-12-13-8-10-15(18)11-9-13/h3-11H,2,12H2,1H3. The van der Waals surface area contributed by atoms with Crippen LogP contribution < -0.4 is 0 Å². The Hall–Kier alpha value is -1.59. The van der Waals surface area contributed by atoms with E-state index in [1.54, 1.807) is 11.8 Å². The second-order valence-electron chi connectivity index (χ2n) is 4.83. The Bertz CT molecular complexity index is 738. The molecule has 1 heterocycles. The number of thioether (sulfide) groups is 1. The Morgan fingerprint density at radius 2 is 1.73 bits per heavy atom. The molecule has 0 radical (unpaired) electrons. The topological polar surface area (TPSA) is 30.7 Å². The first-order chi connectivity index (χ1) is 10.8. The Morgan fingerprint density at radius 1 is 1.00 bits per heavy atom. The average molecular weight is 374 g/mol. The zero-order valence-electron chi connectivity index (χ0n) is 12.2. The first-order valence-electron chi connectivity index (χ1n) is 7.14. The Morgan fingerprint density at radius 3 is 2.41 bits per heavy atom. The zero-order chi connectivity index (χ0) is 15.4. The normalized spacial score (nSPS) is 10.8. The van der Waals surface area contributed by atoms with Crippen LogP contribution in [-0.2, 0) is 12.3 Å². The molecule has 0 aliphatic rings. The van der Waals surface area contributed by atoms with Crippen molar-refractivity contribution in [1.82, 2.24) is 14.8 Å². The molecule has 0 spiro atoms. The van der Waals surface area contributed by atoms with E-state index in [1.807, 2.05) is 18.2 Å². The summed E-state index contributed by atoms with van der Waals surface area (Å²) in [6.45, 7) is 2.99. The second-order valence-corrected chi connectivity index (χ2v) is 6.69. The number of rotatable bonds is 5. The molecular formula is C17H16BrN3S. The van der Waals surface area contributed by atoms with Crippen molar-refractivity contribution in [2.45, 2.75) is 24.4 Å². The molecule has 5 heteroatoms. The van der Waals surface area contributed by atoms with Gasteiger partial charge in [-0.2, -0.15) is 0 Å². The largest absolute Gasteiger partial charge is 0.302 e. The van der Waals surface area contributed by atoms with Crippen LogP contribution in [0.3, 0.4) is 0 Å². The summed E-state index contributed by atoms with van der Waals surface area (Å²) in [5.41, 5.74) is 2.38. The summed E-state index contributed by atoms with van der Waals surface area (Å²) in [4.78, 5) is 0. The van der Waals surface area contributed by atoms with Crippen LogP contribution in [0.25, 0.3) is 11.4 Å². The zero-order valence-corrected chi connectivity index (χ0v) is 14.6. The molecule has 0 unspecified atom stereocenters. The summed E-state index contributed by atoms with van der Waals surface area (Å²) in [6, 6.07) is 18.6. The molecule has 3 rings (SSSR count). The quantitative estimate of drug-likeness (QED) is 0.588. The second kappa shape index (κ2) is 7.11. The van der Waals surface area contributed by atoms with Gasteiger partial charge in [0.1, 0.15) is 0 Å². The lowest BCUT2D eigenvalue weighted by Crippen LogP contribution is -1.99. The first kappa shape index (κ1) is 15.3. The highest BCUT2D eigenvalue weighted by molar-refractivity contribution is 9.10. The van der Waals surface area contributed by atoms with E-state index in [-0.39, 0.29) is 0 Å². The molecule has 0 saturated heterocycles. The van der Waals surface area contributed by atoms with E-state index in [0.717, 1.165) is 33.3 Å². The molecule has 1 aromatic heterocycles. The summed E-state index contributed by atoms with van der Waals surface area (Å²) < 4.78 is 3.27. The predicted octanol–water partition coefficient (Wildman–Crippen LogP) is 5.02. The van der Waals surface area contributed by atoms with Gasteiger partial charge in [0.2, 0.25) is 0 Å². The van der Waals surface area contributed by atoms with E-state index < -0.39 is 0 Å². The van der Waals surface area contributed by atoms with Gasteiger partial charge in [0.15, 0.2) is 11.0 Å². The van der Waals surface area contributed by atoms with Crippen LogP contribution in [0.2, 0.25) is 0 Å². The van der Waals surface area contributed by atoms with Gasteiger partial charge >= 0.3 is 0 Å². The van der Waals surface area contributed by atoms with Crippen molar-refractivity contribution in [3.05, 3.63) is 64.6 Å². The van der Waals surface area contributed by atoms with Gasteiger partial charge in [0, 0.05) is 22.3 Å². The maximum absolute atomic E-state index is 4.37. The molecule has 0 N–H and O–H groups in total. The van der Waals surface area contributed by atoms with Gasteiger partial charge in [-0.25, -0.2) is 0 Å². The third kappa shape index (κ3) is 3.42. The third-order valence-corrected chi connectivity index (χ3v) is 4.91. The van der Waals surface area contributed by atoms with Crippen molar-refractivity contribution < 1.29 is 0 Å². The van der Waals surface area contributed by atoms with E-state index in [0.29, 0.717) is 0 Å². The van der Waals surface area contributed by atoms with Crippen LogP contribution in [0.5, 0.6) is 0 Å². The van der Waals surface area contributed by atoms with Gasteiger partial charge in [-0.15, -0.1) is 10.2 Å². The fourth-order valence-electron chi connectivity index (χ4n) is 2.21. The van der Waals surface area contributed by atoms with Crippen molar-refractivity contribution in [3.8, 4) is 11.4 Å². The molecule has 3 aromatic rings. The summed E-state index contributed by atoms with van der Waals surface area (Å²) in [5, 5.41) is 9.69. The lowest BCUT2D eigenvalue weighted by atomic mass is 10.2. The molecule has 3 nitrogen and oxygen atoms in total. The monoisotopic (exact) mass is 373 g/mol. The lowest BCUT2D eigenvalue weighted by Gasteiger charge is -2.07. The number of hydrogen-bond acceptors (Lipinski definition) is 3. The van der Waals surface area contributed by atoms with Gasteiger partial charge < -0.3 is 4.57 Å². The molecule has 2 aromatic carbocycles. The van der Waals surface area contributed by atoms with Crippen molar-refractivity contribution in [2.24, 2.45) is 0 Å². The van der Waals surface area contributed by atoms with Crippen LogP contribution in [-0.4, -0.2) is 14.8 Å². The smallest absolute Gasteiger partial charge is 0.191 e. The highest BCUT2D eigenvalue weighted by atomic mass is 79.9. The molecular weight excluding hydrogens is 358 g/mol. The molecule has 0 bridgehead atoms. The average Bonchev–Trinajstić information content (AvgIpc) is 2.98. The van der Waals surface area contributed by atoms with Crippen LogP contribution in [0.1, 0.15) is 12.5 Å². The minimum absolute atomic E-state index is 0.861. The van der Waals surface area contributed by atoms with Gasteiger partial charge in [-0.3, -0.25) is 0 Å². The molecule has 0 atom stereocenters. The van der Waals surface area contributed by atoms with Crippen molar-refractivity contribution in [2.75, 3.05) is 0 Å². The number of benzene rings is 2. The lowest BCUT2D eigenvalue weighted by molar-refractivity contribution is 0.687. The fourth-order valence-corrected chi connectivity index (χ4v) is 3.43. The van der Waals surface area contributed by atoms with E-state index in [9.17, 15) is 0 Å². The van der Waals surface area contributed by atoms with Crippen molar-refractivity contribution in [1.29, 1.82) is 0 Å². The molecule has 22 heavy (non-hydrogen) atoms. The van der Waals surface area contributed by atoms with Crippen LogP contribution in [0.4, 0.5) is 0 Å². The summed E-state index contributed by atoms with van der Waals surface area (Å²) in [6.07, 6.45) is 0.